The predicted molar refractivity (Wildman–Crippen MR) is 226 cm³/mol. The second-order valence-corrected chi connectivity index (χ2v) is 17.6. The molecule has 0 bridgehead atoms. The lowest BCUT2D eigenvalue weighted by Gasteiger charge is -2.10. The average molecular weight is 703 g/mol. The van der Waals surface area contributed by atoms with E-state index in [1.54, 1.807) is 5.56 Å². The van der Waals surface area contributed by atoms with Crippen molar-refractivity contribution < 1.29 is 0 Å². The first kappa shape index (κ1) is 45.9. The minimum Gasteiger partial charge on any atom is -0.126 e. The van der Waals surface area contributed by atoms with Crippen LogP contribution in [-0.2, 0) is 6.42 Å². The summed E-state index contributed by atoms with van der Waals surface area (Å²) >= 11 is 4.24. The van der Waals surface area contributed by atoms with E-state index < -0.39 is 0 Å². The molecule has 0 saturated heterocycles. The molecule has 0 heterocycles. The van der Waals surface area contributed by atoms with E-state index >= 15 is 0 Å². The second-order valence-electron chi connectivity index (χ2n) is 15.2. The number of hydrogen-bond acceptors (Lipinski definition) is 2. The molecule has 48 heavy (non-hydrogen) atoms. The molecule has 0 aliphatic heterocycles. The molecule has 0 spiro atoms. The van der Waals surface area contributed by atoms with Gasteiger partial charge in [-0.3, -0.25) is 0 Å². The topological polar surface area (TPSA) is 0 Å². The molecule has 0 unspecified atom stereocenters. The van der Waals surface area contributed by atoms with Crippen LogP contribution in [0.15, 0.2) is 28.0 Å². The first-order chi connectivity index (χ1) is 23.8. The number of unbranched alkanes of at least 4 members (excludes halogenated alkanes) is 31. The third kappa shape index (κ3) is 31.9. The van der Waals surface area contributed by atoms with Crippen molar-refractivity contribution in [2.45, 2.75) is 255 Å². The summed E-state index contributed by atoms with van der Waals surface area (Å²) in [7, 11) is 0. The van der Waals surface area contributed by atoms with Crippen LogP contribution in [0.3, 0.4) is 0 Å². The molecule has 0 aliphatic carbocycles. The van der Waals surface area contributed by atoms with Crippen LogP contribution in [-0.4, -0.2) is 11.5 Å². The van der Waals surface area contributed by atoms with Gasteiger partial charge in [0.2, 0.25) is 0 Å². The van der Waals surface area contributed by atoms with Gasteiger partial charge in [-0.05, 0) is 61.0 Å². The average Bonchev–Trinajstić information content (AvgIpc) is 3.10. The van der Waals surface area contributed by atoms with Crippen molar-refractivity contribution in [3.8, 4) is 0 Å². The van der Waals surface area contributed by atoms with E-state index in [9.17, 15) is 0 Å². The smallest absolute Gasteiger partial charge is 0.00858 e. The third-order valence-electron chi connectivity index (χ3n) is 10.3. The van der Waals surface area contributed by atoms with Crippen LogP contribution in [0.4, 0.5) is 0 Å². The van der Waals surface area contributed by atoms with E-state index in [1.807, 2.05) is 0 Å². The summed E-state index contributed by atoms with van der Waals surface area (Å²) in [6.45, 7) is 6.94. The summed E-state index contributed by atoms with van der Waals surface area (Å²) in [5.74, 6) is 2.58. The van der Waals surface area contributed by atoms with Gasteiger partial charge in [-0.25, -0.2) is 0 Å². The van der Waals surface area contributed by atoms with Crippen molar-refractivity contribution in [3.05, 3.63) is 23.8 Å². The fraction of sp³-hybridized carbons (Fsp3) is 0.870. The van der Waals surface area contributed by atoms with Gasteiger partial charge in [0.25, 0.3) is 0 Å². The van der Waals surface area contributed by atoms with Crippen molar-refractivity contribution in [1.82, 2.24) is 0 Å². The van der Waals surface area contributed by atoms with Gasteiger partial charge in [-0.15, -0.1) is 23.5 Å². The third-order valence-corrected chi connectivity index (χ3v) is 12.4. The molecular formula is C46H86S2. The summed E-state index contributed by atoms with van der Waals surface area (Å²) in [5, 5.41) is 0. The van der Waals surface area contributed by atoms with Gasteiger partial charge in [0.1, 0.15) is 0 Å². The molecule has 0 amide bonds. The predicted octanol–water partition coefficient (Wildman–Crippen LogP) is 17.7. The Bertz CT molecular complexity index is 702. The van der Waals surface area contributed by atoms with Gasteiger partial charge in [-0.2, -0.15) is 0 Å². The van der Waals surface area contributed by atoms with Crippen molar-refractivity contribution in [3.63, 3.8) is 0 Å². The second kappa shape index (κ2) is 38.2. The van der Waals surface area contributed by atoms with E-state index in [4.69, 9.17) is 0 Å². The minimum absolute atomic E-state index is 1.25. The van der Waals surface area contributed by atoms with E-state index in [0.717, 1.165) is 0 Å². The Morgan fingerprint density at radius 1 is 0.292 bits per heavy atom. The molecule has 0 atom stereocenters. The maximum Gasteiger partial charge on any atom is 0.00858 e. The van der Waals surface area contributed by atoms with Gasteiger partial charge in [0.05, 0.1) is 0 Å². The zero-order chi connectivity index (χ0) is 34.4. The quantitative estimate of drug-likeness (QED) is 0.0495. The molecule has 1 aromatic rings. The first-order valence-corrected chi connectivity index (χ1v) is 24.2. The zero-order valence-electron chi connectivity index (χ0n) is 33.2. The van der Waals surface area contributed by atoms with Gasteiger partial charge in [0, 0.05) is 9.79 Å². The van der Waals surface area contributed by atoms with E-state index in [0.29, 0.717) is 0 Å². The number of benzene rings is 1. The van der Waals surface area contributed by atoms with Crippen molar-refractivity contribution in [2.75, 3.05) is 11.5 Å². The number of rotatable bonds is 39. The molecular weight excluding hydrogens is 617 g/mol. The number of aryl methyl sites for hydroxylation is 1. The van der Waals surface area contributed by atoms with Gasteiger partial charge in [-0.1, -0.05) is 220 Å². The fourth-order valence-corrected chi connectivity index (χ4v) is 9.14. The fourth-order valence-electron chi connectivity index (χ4n) is 7.00. The summed E-state index contributed by atoms with van der Waals surface area (Å²) < 4.78 is 0. The molecule has 2 heteroatoms. The highest BCUT2D eigenvalue weighted by Crippen LogP contribution is 2.30. The molecule has 0 saturated carbocycles. The molecule has 1 aromatic carbocycles. The SMILES string of the molecule is CCCCCCCCCCCCCCCCCCSc1cc(CCCC)cc(SCCCCCCCCCCCCCCCCCC)c1. The highest BCUT2D eigenvalue weighted by atomic mass is 32.2. The Labute approximate surface area is 312 Å². The van der Waals surface area contributed by atoms with Crippen LogP contribution in [0.2, 0.25) is 0 Å². The Hall–Kier alpha value is -0.0800. The van der Waals surface area contributed by atoms with Crippen molar-refractivity contribution in [1.29, 1.82) is 0 Å². The van der Waals surface area contributed by atoms with Crippen molar-refractivity contribution >= 4 is 23.5 Å². The van der Waals surface area contributed by atoms with Crippen LogP contribution in [0.25, 0.3) is 0 Å². The Morgan fingerprint density at radius 2 is 0.542 bits per heavy atom. The van der Waals surface area contributed by atoms with Gasteiger partial charge in [0.15, 0.2) is 0 Å². The number of thioether (sulfide) groups is 2. The van der Waals surface area contributed by atoms with Crippen molar-refractivity contribution in [2.24, 2.45) is 0 Å². The highest BCUT2D eigenvalue weighted by Gasteiger charge is 2.04. The molecule has 0 nitrogen and oxygen atoms in total. The maximum atomic E-state index is 2.51. The van der Waals surface area contributed by atoms with Crippen LogP contribution in [0.1, 0.15) is 245 Å². The normalized spacial score (nSPS) is 11.6. The van der Waals surface area contributed by atoms with E-state index in [-0.39, 0.29) is 0 Å². The molecule has 0 aromatic heterocycles. The first-order valence-electron chi connectivity index (χ1n) is 22.2. The Balaban J connectivity index is 2.04. The molecule has 0 aliphatic rings. The van der Waals surface area contributed by atoms with Crippen LogP contribution in [0, 0.1) is 0 Å². The van der Waals surface area contributed by atoms with Crippen LogP contribution in [0.5, 0.6) is 0 Å². The summed E-state index contributed by atoms with van der Waals surface area (Å²) in [5.41, 5.74) is 1.57. The summed E-state index contributed by atoms with van der Waals surface area (Å²) in [6.07, 6.45) is 50.3. The van der Waals surface area contributed by atoms with Crippen LogP contribution >= 0.6 is 23.5 Å². The highest BCUT2D eigenvalue weighted by molar-refractivity contribution is 8.00. The lowest BCUT2D eigenvalue weighted by Crippen LogP contribution is -1.90. The monoisotopic (exact) mass is 703 g/mol. The van der Waals surface area contributed by atoms with Crippen LogP contribution < -0.4 is 0 Å². The lowest BCUT2D eigenvalue weighted by molar-refractivity contribution is 0.531. The Kier molecular flexibility index (Phi) is 36.5. The lowest BCUT2D eigenvalue weighted by atomic mass is 10.0. The number of hydrogen-bond donors (Lipinski definition) is 0. The Morgan fingerprint density at radius 3 is 0.812 bits per heavy atom. The summed E-state index contributed by atoms with van der Waals surface area (Å²) in [6, 6.07) is 7.51. The maximum absolute atomic E-state index is 2.51. The van der Waals surface area contributed by atoms with Gasteiger partial charge >= 0.3 is 0 Å². The van der Waals surface area contributed by atoms with E-state index in [1.165, 1.54) is 246 Å². The molecule has 0 radical (unpaired) electrons. The largest absolute Gasteiger partial charge is 0.126 e. The molecule has 0 N–H and O–H groups in total. The molecule has 0 fully saturated rings. The zero-order valence-corrected chi connectivity index (χ0v) is 34.8. The minimum atomic E-state index is 1.25. The molecule has 282 valence electrons. The van der Waals surface area contributed by atoms with E-state index in [2.05, 4.69) is 62.5 Å². The van der Waals surface area contributed by atoms with Gasteiger partial charge < -0.3 is 0 Å². The summed E-state index contributed by atoms with van der Waals surface area (Å²) in [4.78, 5) is 3.05. The molecule has 1 rings (SSSR count). The standard InChI is InChI=1S/C46H86S2/c1-4-7-10-12-14-16-18-20-22-24-26-28-30-32-34-36-39-47-45-41-44(38-9-6-3)42-46(43-45)48-40-37-35-33-31-29-27-25-23-21-19-17-15-13-11-8-5-2/h41-43H,4-40H2,1-3H3.